The molecule has 0 aliphatic heterocycles. The summed E-state index contributed by atoms with van der Waals surface area (Å²) >= 11 is 5.71. The van der Waals surface area contributed by atoms with E-state index in [2.05, 4.69) is 10.2 Å². The van der Waals surface area contributed by atoms with Crippen molar-refractivity contribution in [3.8, 4) is 11.4 Å². The van der Waals surface area contributed by atoms with Gasteiger partial charge in [0, 0.05) is 12.1 Å². The van der Waals surface area contributed by atoms with E-state index in [1.54, 1.807) is 0 Å². The monoisotopic (exact) mass is 318 g/mol. The first-order chi connectivity index (χ1) is 9.34. The van der Waals surface area contributed by atoms with Gasteiger partial charge in [-0.3, -0.25) is 4.57 Å². The van der Waals surface area contributed by atoms with Crippen LogP contribution in [0.2, 0.25) is 5.02 Å². The van der Waals surface area contributed by atoms with Crippen LogP contribution in [0.25, 0.3) is 11.4 Å². The van der Waals surface area contributed by atoms with E-state index < -0.39 is 15.8 Å². The Bertz CT molecular complexity index is 745. The van der Waals surface area contributed by atoms with E-state index in [0.717, 1.165) is 0 Å². The second kappa shape index (κ2) is 5.47. The Kier molecular flexibility index (Phi) is 4.07. The molecule has 2 N–H and O–H groups in total. The summed E-state index contributed by atoms with van der Waals surface area (Å²) in [6.45, 7) is 2.23. The maximum absolute atomic E-state index is 13.2. The van der Waals surface area contributed by atoms with Gasteiger partial charge in [0.2, 0.25) is 0 Å². The molecule has 108 valence electrons. The van der Waals surface area contributed by atoms with E-state index in [9.17, 15) is 12.8 Å². The summed E-state index contributed by atoms with van der Waals surface area (Å²) in [6, 6.07) is 3.99. The second-order valence-corrected chi connectivity index (χ2v) is 5.99. The maximum atomic E-state index is 13.2. The number of halogens is 2. The van der Waals surface area contributed by atoms with Crippen LogP contribution in [0.4, 0.5) is 4.39 Å². The van der Waals surface area contributed by atoms with Crippen LogP contribution in [0.3, 0.4) is 0 Å². The number of hydrogen-bond donors (Lipinski definition) is 1. The van der Waals surface area contributed by atoms with Crippen LogP contribution in [0.1, 0.15) is 13.3 Å². The highest BCUT2D eigenvalue weighted by atomic mass is 35.5. The van der Waals surface area contributed by atoms with E-state index in [1.807, 2.05) is 6.92 Å². The average molecular weight is 319 g/mol. The van der Waals surface area contributed by atoms with E-state index in [0.29, 0.717) is 18.5 Å². The summed E-state index contributed by atoms with van der Waals surface area (Å²) in [4.78, 5) is 0. The van der Waals surface area contributed by atoms with Gasteiger partial charge in [-0.2, -0.15) is 0 Å². The molecule has 0 bridgehead atoms. The predicted molar refractivity (Wildman–Crippen MR) is 72.1 cm³/mol. The molecular weight excluding hydrogens is 307 g/mol. The first-order valence-corrected chi connectivity index (χ1v) is 7.68. The van der Waals surface area contributed by atoms with Gasteiger partial charge >= 0.3 is 0 Å². The third-order valence-corrected chi connectivity index (χ3v) is 3.70. The molecule has 9 heteroatoms. The molecule has 2 rings (SSSR count). The third kappa shape index (κ3) is 2.82. The summed E-state index contributed by atoms with van der Waals surface area (Å²) < 4.78 is 37.5. The van der Waals surface area contributed by atoms with Gasteiger partial charge in [-0.25, -0.2) is 17.9 Å². The molecule has 0 aliphatic carbocycles. The van der Waals surface area contributed by atoms with Crippen molar-refractivity contribution in [2.45, 2.75) is 25.0 Å². The van der Waals surface area contributed by atoms with Gasteiger partial charge in [0.1, 0.15) is 5.82 Å². The standard InChI is InChI=1S/C11H12ClFN4O2S/c1-2-5-17-10(15-16-11(17)20(14,18)19)7-3-4-9(13)8(12)6-7/h3-4,6H,2,5H2,1H3,(H2,14,18,19). The van der Waals surface area contributed by atoms with Crippen LogP contribution in [0.5, 0.6) is 0 Å². The Hall–Kier alpha value is -1.51. The Morgan fingerprint density at radius 2 is 2.10 bits per heavy atom. The number of hydrogen-bond acceptors (Lipinski definition) is 4. The quantitative estimate of drug-likeness (QED) is 0.930. The molecule has 0 aliphatic rings. The van der Waals surface area contributed by atoms with E-state index in [1.165, 1.54) is 22.8 Å². The number of sulfonamides is 1. The van der Waals surface area contributed by atoms with Crippen molar-refractivity contribution in [2.75, 3.05) is 0 Å². The summed E-state index contributed by atoms with van der Waals surface area (Å²) in [5.41, 5.74) is 0.465. The van der Waals surface area contributed by atoms with Crippen molar-refractivity contribution in [1.29, 1.82) is 0 Å². The smallest absolute Gasteiger partial charge is 0.273 e. The lowest BCUT2D eigenvalue weighted by molar-refractivity contribution is 0.559. The fraction of sp³-hybridized carbons (Fsp3) is 0.273. The van der Waals surface area contributed by atoms with Gasteiger partial charge in [-0.1, -0.05) is 18.5 Å². The second-order valence-electron chi connectivity index (χ2n) is 4.13. The molecule has 0 fully saturated rings. The predicted octanol–water partition coefficient (Wildman–Crippen LogP) is 1.79. The molecule has 1 heterocycles. The molecule has 1 aromatic heterocycles. The summed E-state index contributed by atoms with van der Waals surface area (Å²) in [5, 5.41) is 12.1. The Labute approximate surface area is 120 Å². The summed E-state index contributed by atoms with van der Waals surface area (Å²) in [7, 11) is -3.98. The lowest BCUT2D eigenvalue weighted by Crippen LogP contribution is -2.19. The zero-order valence-electron chi connectivity index (χ0n) is 10.5. The van der Waals surface area contributed by atoms with Gasteiger partial charge in [-0.15, -0.1) is 10.2 Å². The summed E-state index contributed by atoms with van der Waals surface area (Å²) in [6.07, 6.45) is 0.655. The maximum Gasteiger partial charge on any atom is 0.273 e. The van der Waals surface area contributed by atoms with Crippen molar-refractivity contribution in [1.82, 2.24) is 14.8 Å². The van der Waals surface area contributed by atoms with Crippen molar-refractivity contribution in [2.24, 2.45) is 5.14 Å². The van der Waals surface area contributed by atoms with Crippen molar-refractivity contribution >= 4 is 21.6 Å². The van der Waals surface area contributed by atoms with Gasteiger partial charge < -0.3 is 0 Å². The molecule has 0 atom stereocenters. The minimum Gasteiger partial charge on any atom is -0.297 e. The molecule has 0 saturated carbocycles. The first kappa shape index (κ1) is 14.9. The number of primary sulfonamides is 1. The number of aromatic nitrogens is 3. The van der Waals surface area contributed by atoms with E-state index in [-0.39, 0.29) is 16.0 Å². The molecule has 0 amide bonds. The highest BCUT2D eigenvalue weighted by Crippen LogP contribution is 2.25. The average Bonchev–Trinajstić information content (AvgIpc) is 2.77. The Morgan fingerprint density at radius 3 is 2.65 bits per heavy atom. The van der Waals surface area contributed by atoms with Crippen LogP contribution in [-0.4, -0.2) is 23.2 Å². The minimum atomic E-state index is -3.98. The highest BCUT2D eigenvalue weighted by molar-refractivity contribution is 7.89. The normalized spacial score (nSPS) is 11.8. The van der Waals surface area contributed by atoms with Gasteiger partial charge in [0.25, 0.3) is 15.2 Å². The number of benzene rings is 1. The zero-order chi connectivity index (χ0) is 14.9. The van der Waals surface area contributed by atoms with Crippen molar-refractivity contribution < 1.29 is 12.8 Å². The topological polar surface area (TPSA) is 90.9 Å². The van der Waals surface area contributed by atoms with Crippen LogP contribution < -0.4 is 5.14 Å². The number of rotatable bonds is 4. The lowest BCUT2D eigenvalue weighted by atomic mass is 10.2. The molecular formula is C11H12ClFN4O2S. The lowest BCUT2D eigenvalue weighted by Gasteiger charge is -2.08. The van der Waals surface area contributed by atoms with Crippen LogP contribution in [-0.2, 0) is 16.6 Å². The van der Waals surface area contributed by atoms with Crippen LogP contribution in [0.15, 0.2) is 23.4 Å². The zero-order valence-corrected chi connectivity index (χ0v) is 12.1. The van der Waals surface area contributed by atoms with Gasteiger partial charge in [0.15, 0.2) is 5.82 Å². The van der Waals surface area contributed by atoms with Crippen LogP contribution in [0, 0.1) is 5.82 Å². The molecule has 1 aromatic carbocycles. The first-order valence-electron chi connectivity index (χ1n) is 5.76. The Balaban J connectivity index is 2.62. The van der Waals surface area contributed by atoms with Gasteiger partial charge in [0.05, 0.1) is 5.02 Å². The molecule has 0 saturated heterocycles. The fourth-order valence-electron chi connectivity index (χ4n) is 1.77. The number of nitrogens with two attached hydrogens (primary N) is 1. The fourth-order valence-corrected chi connectivity index (χ4v) is 2.59. The molecule has 0 radical (unpaired) electrons. The van der Waals surface area contributed by atoms with Crippen LogP contribution >= 0.6 is 11.6 Å². The van der Waals surface area contributed by atoms with Crippen molar-refractivity contribution in [3.05, 3.63) is 29.0 Å². The summed E-state index contributed by atoms with van der Waals surface area (Å²) in [5.74, 6) is -0.290. The molecule has 20 heavy (non-hydrogen) atoms. The minimum absolute atomic E-state index is 0.0781. The number of nitrogens with zero attached hydrogens (tertiary/aromatic N) is 3. The molecule has 0 unspecified atom stereocenters. The van der Waals surface area contributed by atoms with E-state index >= 15 is 0 Å². The van der Waals surface area contributed by atoms with E-state index in [4.69, 9.17) is 16.7 Å². The van der Waals surface area contributed by atoms with Gasteiger partial charge in [-0.05, 0) is 24.6 Å². The SMILES string of the molecule is CCCn1c(-c2ccc(F)c(Cl)c2)nnc1S(N)(=O)=O. The molecule has 0 spiro atoms. The third-order valence-electron chi connectivity index (χ3n) is 2.60. The largest absolute Gasteiger partial charge is 0.297 e. The highest BCUT2D eigenvalue weighted by Gasteiger charge is 2.21. The molecule has 2 aromatic rings. The van der Waals surface area contributed by atoms with Crippen molar-refractivity contribution in [3.63, 3.8) is 0 Å². The Morgan fingerprint density at radius 1 is 1.40 bits per heavy atom. The molecule has 6 nitrogen and oxygen atoms in total.